The SMILES string of the molecule is CCOC(=O)c1cccc(N2CO[C@@H](CN)C2)c1. The van der Waals surface area contributed by atoms with E-state index in [1.807, 2.05) is 18.2 Å². The van der Waals surface area contributed by atoms with Gasteiger partial charge in [-0.2, -0.15) is 0 Å². The van der Waals surface area contributed by atoms with E-state index in [-0.39, 0.29) is 12.1 Å². The van der Waals surface area contributed by atoms with Crippen molar-refractivity contribution in [3.05, 3.63) is 29.8 Å². The summed E-state index contributed by atoms with van der Waals surface area (Å²) in [6.07, 6.45) is 0.0660. The summed E-state index contributed by atoms with van der Waals surface area (Å²) in [6.45, 7) is 3.94. The standard InChI is InChI=1S/C13H18N2O3/c1-2-17-13(16)10-4-3-5-11(6-10)15-8-12(7-14)18-9-15/h3-6,12H,2,7-9,14H2,1H3/t12-/m0/s1. The maximum atomic E-state index is 11.6. The first-order valence-electron chi connectivity index (χ1n) is 6.08. The second-order valence-corrected chi connectivity index (χ2v) is 4.15. The molecule has 0 saturated carbocycles. The van der Waals surface area contributed by atoms with E-state index in [0.29, 0.717) is 25.4 Å². The Kier molecular flexibility index (Phi) is 4.17. The lowest BCUT2D eigenvalue weighted by Gasteiger charge is -2.16. The lowest BCUT2D eigenvalue weighted by molar-refractivity contribution is 0.0526. The topological polar surface area (TPSA) is 64.8 Å². The van der Waals surface area contributed by atoms with E-state index in [2.05, 4.69) is 4.90 Å². The summed E-state index contributed by atoms with van der Waals surface area (Å²) in [7, 11) is 0. The summed E-state index contributed by atoms with van der Waals surface area (Å²) >= 11 is 0. The molecule has 1 aliphatic rings. The predicted octanol–water partition coefficient (Wildman–Crippen LogP) is 0.985. The molecule has 1 aromatic rings. The van der Waals surface area contributed by atoms with Crippen molar-refractivity contribution in [3.8, 4) is 0 Å². The minimum Gasteiger partial charge on any atom is -0.462 e. The van der Waals surface area contributed by atoms with E-state index < -0.39 is 0 Å². The number of hydrogen-bond acceptors (Lipinski definition) is 5. The molecular weight excluding hydrogens is 232 g/mol. The van der Waals surface area contributed by atoms with E-state index in [0.717, 1.165) is 12.2 Å². The van der Waals surface area contributed by atoms with Gasteiger partial charge in [0.1, 0.15) is 6.73 Å². The number of hydrogen-bond donors (Lipinski definition) is 1. The van der Waals surface area contributed by atoms with Crippen molar-refractivity contribution >= 4 is 11.7 Å². The van der Waals surface area contributed by atoms with E-state index in [9.17, 15) is 4.79 Å². The first-order valence-corrected chi connectivity index (χ1v) is 6.08. The molecule has 1 fully saturated rings. The molecule has 18 heavy (non-hydrogen) atoms. The molecule has 1 aromatic carbocycles. The lowest BCUT2D eigenvalue weighted by atomic mass is 10.2. The van der Waals surface area contributed by atoms with Crippen LogP contribution in [0.5, 0.6) is 0 Å². The van der Waals surface area contributed by atoms with Crippen LogP contribution in [0.15, 0.2) is 24.3 Å². The largest absolute Gasteiger partial charge is 0.462 e. The molecule has 0 bridgehead atoms. The molecular formula is C13H18N2O3. The summed E-state index contributed by atoms with van der Waals surface area (Å²) in [5.41, 5.74) is 7.08. The van der Waals surface area contributed by atoms with Gasteiger partial charge in [-0.25, -0.2) is 4.79 Å². The molecule has 2 rings (SSSR count). The quantitative estimate of drug-likeness (QED) is 0.807. The van der Waals surface area contributed by atoms with Crippen LogP contribution in [0.3, 0.4) is 0 Å². The number of carbonyl (C=O) groups excluding carboxylic acids is 1. The first-order chi connectivity index (χ1) is 8.74. The average molecular weight is 250 g/mol. The summed E-state index contributed by atoms with van der Waals surface area (Å²) in [6, 6.07) is 7.36. The fourth-order valence-corrected chi connectivity index (χ4v) is 1.91. The average Bonchev–Trinajstić information content (AvgIpc) is 2.88. The van der Waals surface area contributed by atoms with Gasteiger partial charge in [-0.1, -0.05) is 6.07 Å². The van der Waals surface area contributed by atoms with Crippen molar-refractivity contribution in [1.29, 1.82) is 0 Å². The minimum atomic E-state index is -0.296. The van der Waals surface area contributed by atoms with Crippen LogP contribution in [-0.2, 0) is 9.47 Å². The third-order valence-corrected chi connectivity index (χ3v) is 2.88. The molecule has 1 atom stereocenters. The molecule has 1 saturated heterocycles. The molecule has 0 unspecified atom stereocenters. The Morgan fingerprint density at radius 3 is 3.11 bits per heavy atom. The number of esters is 1. The number of carbonyl (C=O) groups is 1. The van der Waals surface area contributed by atoms with Gasteiger partial charge in [0.15, 0.2) is 0 Å². The normalized spacial score (nSPS) is 19.0. The molecule has 5 nitrogen and oxygen atoms in total. The van der Waals surface area contributed by atoms with Crippen molar-refractivity contribution in [2.45, 2.75) is 13.0 Å². The van der Waals surface area contributed by atoms with E-state index in [1.165, 1.54) is 0 Å². The Morgan fingerprint density at radius 1 is 1.61 bits per heavy atom. The number of nitrogens with two attached hydrogens (primary N) is 1. The maximum absolute atomic E-state index is 11.6. The zero-order valence-electron chi connectivity index (χ0n) is 10.5. The smallest absolute Gasteiger partial charge is 0.338 e. The Labute approximate surface area is 106 Å². The third-order valence-electron chi connectivity index (χ3n) is 2.88. The Bertz CT molecular complexity index is 422. The fraction of sp³-hybridized carbons (Fsp3) is 0.462. The zero-order chi connectivity index (χ0) is 13.0. The van der Waals surface area contributed by atoms with Crippen LogP contribution < -0.4 is 10.6 Å². The number of anilines is 1. The molecule has 0 radical (unpaired) electrons. The van der Waals surface area contributed by atoms with Crippen molar-refractivity contribution in [3.63, 3.8) is 0 Å². The third kappa shape index (κ3) is 2.80. The van der Waals surface area contributed by atoms with Gasteiger partial charge in [0, 0.05) is 18.8 Å². The van der Waals surface area contributed by atoms with Crippen LogP contribution in [-0.4, -0.2) is 38.5 Å². The highest BCUT2D eigenvalue weighted by Gasteiger charge is 2.22. The van der Waals surface area contributed by atoms with Crippen LogP contribution in [0.1, 0.15) is 17.3 Å². The van der Waals surface area contributed by atoms with Crippen LogP contribution in [0, 0.1) is 0 Å². The summed E-state index contributed by atoms with van der Waals surface area (Å²) in [5, 5.41) is 0. The number of ether oxygens (including phenoxy) is 2. The van der Waals surface area contributed by atoms with Crippen molar-refractivity contribution in [1.82, 2.24) is 0 Å². The van der Waals surface area contributed by atoms with Crippen molar-refractivity contribution in [2.24, 2.45) is 5.73 Å². The second-order valence-electron chi connectivity index (χ2n) is 4.15. The van der Waals surface area contributed by atoms with Gasteiger partial charge in [-0.15, -0.1) is 0 Å². The van der Waals surface area contributed by atoms with Crippen LogP contribution in [0.2, 0.25) is 0 Å². The van der Waals surface area contributed by atoms with Gasteiger partial charge in [-0.3, -0.25) is 0 Å². The van der Waals surface area contributed by atoms with Gasteiger partial charge >= 0.3 is 5.97 Å². The molecule has 1 aliphatic heterocycles. The predicted molar refractivity (Wildman–Crippen MR) is 68.5 cm³/mol. The highest BCUT2D eigenvalue weighted by molar-refractivity contribution is 5.90. The van der Waals surface area contributed by atoms with Gasteiger partial charge in [0.05, 0.1) is 18.3 Å². The highest BCUT2D eigenvalue weighted by Crippen LogP contribution is 2.21. The van der Waals surface area contributed by atoms with Crippen LogP contribution in [0.25, 0.3) is 0 Å². The number of benzene rings is 1. The molecule has 98 valence electrons. The molecule has 1 heterocycles. The lowest BCUT2D eigenvalue weighted by Crippen LogP contribution is -2.26. The van der Waals surface area contributed by atoms with Gasteiger partial charge in [0.25, 0.3) is 0 Å². The Balaban J connectivity index is 2.10. The van der Waals surface area contributed by atoms with Crippen LogP contribution in [0.4, 0.5) is 5.69 Å². The van der Waals surface area contributed by atoms with E-state index >= 15 is 0 Å². The Morgan fingerprint density at radius 2 is 2.44 bits per heavy atom. The van der Waals surface area contributed by atoms with E-state index in [1.54, 1.807) is 13.0 Å². The molecule has 0 amide bonds. The van der Waals surface area contributed by atoms with Crippen molar-refractivity contribution < 1.29 is 14.3 Å². The maximum Gasteiger partial charge on any atom is 0.338 e. The van der Waals surface area contributed by atoms with E-state index in [4.69, 9.17) is 15.2 Å². The summed E-state index contributed by atoms with van der Waals surface area (Å²) < 4.78 is 10.5. The fourth-order valence-electron chi connectivity index (χ4n) is 1.91. The number of rotatable bonds is 4. The van der Waals surface area contributed by atoms with Gasteiger partial charge in [0.2, 0.25) is 0 Å². The van der Waals surface area contributed by atoms with Crippen molar-refractivity contribution in [2.75, 3.05) is 31.3 Å². The molecule has 0 aromatic heterocycles. The highest BCUT2D eigenvalue weighted by atomic mass is 16.5. The van der Waals surface area contributed by atoms with Crippen LogP contribution >= 0.6 is 0 Å². The molecule has 5 heteroatoms. The summed E-state index contributed by atoms with van der Waals surface area (Å²) in [4.78, 5) is 13.7. The van der Waals surface area contributed by atoms with Gasteiger partial charge in [-0.05, 0) is 25.1 Å². The first kappa shape index (κ1) is 12.9. The zero-order valence-corrected chi connectivity index (χ0v) is 10.5. The molecule has 0 aliphatic carbocycles. The monoisotopic (exact) mass is 250 g/mol. The minimum absolute atomic E-state index is 0.0660. The molecule has 2 N–H and O–H groups in total. The molecule has 0 spiro atoms. The number of nitrogens with zero attached hydrogens (tertiary/aromatic N) is 1. The summed E-state index contributed by atoms with van der Waals surface area (Å²) in [5.74, 6) is -0.296. The second kappa shape index (κ2) is 5.84. The Hall–Kier alpha value is -1.59. The van der Waals surface area contributed by atoms with Gasteiger partial charge < -0.3 is 20.1 Å².